The highest BCUT2D eigenvalue weighted by Gasteiger charge is 2.48. The second-order valence-electron chi connectivity index (χ2n) is 5.31. The molecule has 1 aromatic rings. The lowest BCUT2D eigenvalue weighted by molar-refractivity contribution is -0.271. The van der Waals surface area contributed by atoms with Crippen LogP contribution in [0.1, 0.15) is 5.56 Å². The first-order valence-electron chi connectivity index (χ1n) is 7.26. The van der Waals surface area contributed by atoms with Crippen molar-refractivity contribution in [2.45, 2.75) is 37.1 Å². The van der Waals surface area contributed by atoms with Gasteiger partial charge in [-0.3, -0.25) is 0 Å². The van der Waals surface area contributed by atoms with Crippen molar-refractivity contribution >= 4 is 5.97 Å². The molecule has 0 radical (unpaired) electrons. The second-order valence-corrected chi connectivity index (χ2v) is 5.31. The maximum Gasteiger partial charge on any atom is 0.335 e. The van der Waals surface area contributed by atoms with E-state index in [1.54, 1.807) is 12.1 Å². The number of aliphatic carboxylic acids is 1. The van der Waals surface area contributed by atoms with Gasteiger partial charge in [-0.05, 0) is 24.1 Å². The minimum atomic E-state index is -1.79. The van der Waals surface area contributed by atoms with E-state index in [4.69, 9.17) is 24.4 Å². The van der Waals surface area contributed by atoms with Gasteiger partial charge in [-0.2, -0.15) is 0 Å². The normalized spacial score (nSPS) is 30.0. The highest BCUT2D eigenvalue weighted by molar-refractivity contribution is 5.73. The molecule has 1 saturated heterocycles. The fourth-order valence-corrected chi connectivity index (χ4v) is 2.37. The third kappa shape index (κ3) is 3.77. The molecule has 1 aromatic carbocycles. The van der Waals surface area contributed by atoms with Crippen LogP contribution in [-0.2, 0) is 16.0 Å². The van der Waals surface area contributed by atoms with E-state index in [0.29, 0.717) is 6.42 Å². The molecule has 24 heavy (non-hydrogen) atoms. The van der Waals surface area contributed by atoms with Crippen LogP contribution in [0, 0.1) is 0 Å². The molecule has 0 amide bonds. The van der Waals surface area contributed by atoms with Crippen LogP contribution >= 0.6 is 0 Å². The third-order valence-electron chi connectivity index (χ3n) is 3.68. The minimum absolute atomic E-state index is 0.0435. The van der Waals surface area contributed by atoms with E-state index in [0.717, 1.165) is 5.56 Å². The molecule has 5 N–H and O–H groups in total. The lowest BCUT2D eigenvalue weighted by Gasteiger charge is -2.38. The van der Waals surface area contributed by atoms with Crippen molar-refractivity contribution in [3.05, 3.63) is 23.8 Å². The van der Waals surface area contributed by atoms with Crippen molar-refractivity contribution in [3.63, 3.8) is 0 Å². The number of aliphatic hydroxyl groups is 4. The summed E-state index contributed by atoms with van der Waals surface area (Å²) in [5.74, 6) is -1.06. The Morgan fingerprint density at radius 1 is 1.17 bits per heavy atom. The molecule has 1 heterocycles. The van der Waals surface area contributed by atoms with Crippen LogP contribution in [0.5, 0.6) is 11.5 Å². The molecule has 9 heteroatoms. The highest BCUT2D eigenvalue weighted by atomic mass is 16.7. The van der Waals surface area contributed by atoms with Crippen LogP contribution in [0.25, 0.3) is 0 Å². The molecule has 0 aromatic heterocycles. The van der Waals surface area contributed by atoms with Gasteiger partial charge in [0.15, 0.2) is 17.6 Å². The Morgan fingerprint density at radius 3 is 2.46 bits per heavy atom. The minimum Gasteiger partial charge on any atom is -0.493 e. The van der Waals surface area contributed by atoms with E-state index in [-0.39, 0.29) is 18.1 Å². The number of carbonyl (C=O) groups is 1. The van der Waals surface area contributed by atoms with Crippen molar-refractivity contribution in [2.75, 3.05) is 13.7 Å². The predicted octanol–water partition coefficient (Wildman–Crippen LogP) is -1.50. The Hall–Kier alpha value is -1.91. The molecule has 2 rings (SSSR count). The van der Waals surface area contributed by atoms with E-state index in [9.17, 15) is 20.1 Å². The summed E-state index contributed by atoms with van der Waals surface area (Å²) in [6.45, 7) is -0.0435. The number of ether oxygens (including phenoxy) is 3. The Morgan fingerprint density at radius 2 is 1.88 bits per heavy atom. The summed E-state index contributed by atoms with van der Waals surface area (Å²) in [7, 11) is 1.39. The number of aliphatic hydroxyl groups excluding tert-OH is 4. The summed E-state index contributed by atoms with van der Waals surface area (Å²) in [4.78, 5) is 11.1. The molecule has 1 fully saturated rings. The fourth-order valence-electron chi connectivity index (χ4n) is 2.37. The molecule has 1 aliphatic rings. The van der Waals surface area contributed by atoms with Gasteiger partial charge >= 0.3 is 5.97 Å². The van der Waals surface area contributed by atoms with Crippen LogP contribution in [0.15, 0.2) is 18.2 Å². The van der Waals surface area contributed by atoms with Crippen molar-refractivity contribution in [3.8, 4) is 11.5 Å². The maximum absolute atomic E-state index is 11.1. The Bertz CT molecular complexity index is 576. The first-order chi connectivity index (χ1) is 11.4. The molecular weight excluding hydrogens is 324 g/mol. The van der Waals surface area contributed by atoms with Crippen LogP contribution < -0.4 is 9.47 Å². The SMILES string of the molecule is COc1cc(CCO)ccc1O[C@@H]1O[C@H](C(=O)O)[C@@H](O)[C@H](O)[C@H]1O. The Kier molecular flexibility index (Phi) is 5.97. The van der Waals surface area contributed by atoms with Gasteiger partial charge in [0.05, 0.1) is 7.11 Å². The molecule has 9 nitrogen and oxygen atoms in total. The molecule has 134 valence electrons. The number of hydrogen-bond acceptors (Lipinski definition) is 8. The van der Waals surface area contributed by atoms with Crippen molar-refractivity contribution in [1.82, 2.24) is 0 Å². The molecule has 5 atom stereocenters. The van der Waals surface area contributed by atoms with Gasteiger partial charge in [-0.1, -0.05) is 6.07 Å². The number of carboxylic acid groups (broad SMARTS) is 1. The summed E-state index contributed by atoms with van der Waals surface area (Å²) < 4.78 is 15.6. The van der Waals surface area contributed by atoms with E-state index in [2.05, 4.69) is 0 Å². The van der Waals surface area contributed by atoms with Crippen LogP contribution in [0.4, 0.5) is 0 Å². The summed E-state index contributed by atoms with van der Waals surface area (Å²) in [6.07, 6.45) is -8.03. The molecule has 0 bridgehead atoms. The standard InChI is InChI=1S/C15H20O9/c1-22-9-6-7(4-5-16)2-3-8(9)23-15-12(19)10(17)11(18)13(24-15)14(20)21/h2-3,6,10-13,15-19H,4-5H2,1H3,(H,20,21)/t10-,11-,12+,13-,15+/m0/s1. The molecule has 0 aliphatic carbocycles. The van der Waals surface area contributed by atoms with Crippen LogP contribution in [0.3, 0.4) is 0 Å². The highest BCUT2D eigenvalue weighted by Crippen LogP contribution is 2.32. The third-order valence-corrected chi connectivity index (χ3v) is 3.68. The molecular formula is C15H20O9. The van der Waals surface area contributed by atoms with Gasteiger partial charge in [0.1, 0.15) is 18.3 Å². The summed E-state index contributed by atoms with van der Waals surface area (Å²) in [5, 5.41) is 47.3. The number of benzene rings is 1. The van der Waals surface area contributed by atoms with Gasteiger partial charge in [-0.25, -0.2) is 4.79 Å². The van der Waals surface area contributed by atoms with Crippen LogP contribution in [0.2, 0.25) is 0 Å². The topological polar surface area (TPSA) is 146 Å². The van der Waals surface area contributed by atoms with Gasteiger partial charge in [0.2, 0.25) is 6.29 Å². The first kappa shape index (κ1) is 18.4. The average molecular weight is 344 g/mol. The van der Waals surface area contributed by atoms with E-state index < -0.39 is 36.7 Å². The van der Waals surface area contributed by atoms with Crippen LogP contribution in [-0.4, -0.2) is 75.9 Å². The lowest BCUT2D eigenvalue weighted by atomic mass is 9.99. The zero-order chi connectivity index (χ0) is 17.9. The molecule has 0 unspecified atom stereocenters. The summed E-state index contributed by atoms with van der Waals surface area (Å²) >= 11 is 0. The van der Waals surface area contributed by atoms with E-state index in [1.807, 2.05) is 0 Å². The summed E-state index contributed by atoms with van der Waals surface area (Å²) in [6, 6.07) is 4.77. The number of methoxy groups -OCH3 is 1. The van der Waals surface area contributed by atoms with E-state index >= 15 is 0 Å². The van der Waals surface area contributed by atoms with Crippen molar-refractivity contribution in [2.24, 2.45) is 0 Å². The number of carboxylic acids is 1. The molecule has 0 saturated carbocycles. The smallest absolute Gasteiger partial charge is 0.335 e. The second kappa shape index (κ2) is 7.77. The zero-order valence-electron chi connectivity index (χ0n) is 12.9. The van der Waals surface area contributed by atoms with E-state index in [1.165, 1.54) is 13.2 Å². The zero-order valence-corrected chi connectivity index (χ0v) is 12.9. The first-order valence-corrected chi connectivity index (χ1v) is 7.26. The van der Waals surface area contributed by atoms with Crippen molar-refractivity contribution in [1.29, 1.82) is 0 Å². The summed E-state index contributed by atoms with van der Waals surface area (Å²) in [5.41, 5.74) is 0.783. The van der Waals surface area contributed by atoms with Gasteiger partial charge in [-0.15, -0.1) is 0 Å². The quantitative estimate of drug-likeness (QED) is 0.416. The van der Waals surface area contributed by atoms with Gasteiger partial charge in [0.25, 0.3) is 0 Å². The predicted molar refractivity (Wildman–Crippen MR) is 78.7 cm³/mol. The van der Waals surface area contributed by atoms with Crippen molar-refractivity contribution < 1.29 is 44.5 Å². The van der Waals surface area contributed by atoms with Gasteiger partial charge < -0.3 is 39.7 Å². The average Bonchev–Trinajstić information content (AvgIpc) is 2.56. The van der Waals surface area contributed by atoms with Gasteiger partial charge in [0, 0.05) is 6.61 Å². The maximum atomic E-state index is 11.1. The molecule has 0 spiro atoms. The fraction of sp³-hybridized carbons (Fsp3) is 0.533. The molecule has 1 aliphatic heterocycles. The lowest BCUT2D eigenvalue weighted by Crippen LogP contribution is -2.61. The number of hydrogen-bond donors (Lipinski definition) is 5. The number of rotatable bonds is 6. The Labute approximate surface area is 137 Å². The largest absolute Gasteiger partial charge is 0.493 e. The monoisotopic (exact) mass is 344 g/mol. The Balaban J connectivity index is 2.21.